The van der Waals surface area contributed by atoms with E-state index in [4.69, 9.17) is 10.3 Å². The molecule has 0 aliphatic carbocycles. The molecular formula is C12H8F3N3O. The topological polar surface area (TPSA) is 67.8 Å². The Hall–Kier alpha value is -2.44. The Morgan fingerprint density at radius 1 is 1.16 bits per heavy atom. The normalized spacial score (nSPS) is 12.2. The first-order chi connectivity index (χ1) is 8.93. The highest BCUT2D eigenvalue weighted by molar-refractivity contribution is 5.85. The van der Waals surface area contributed by atoms with Crippen LogP contribution in [0.5, 0.6) is 0 Å². The highest BCUT2D eigenvalue weighted by Gasteiger charge is 2.30. The van der Waals surface area contributed by atoms with Gasteiger partial charge in [-0.2, -0.15) is 13.2 Å². The van der Waals surface area contributed by atoms with E-state index in [0.29, 0.717) is 22.4 Å². The summed E-state index contributed by atoms with van der Waals surface area (Å²) in [6.07, 6.45) is -4.36. The maximum absolute atomic E-state index is 12.6. The largest absolute Gasteiger partial charge is 0.416 e. The summed E-state index contributed by atoms with van der Waals surface area (Å²) in [5.41, 5.74) is 5.84. The number of halogens is 3. The molecule has 2 heterocycles. The molecule has 4 nitrogen and oxygen atoms in total. The fourth-order valence-corrected chi connectivity index (χ4v) is 1.86. The molecule has 0 bridgehead atoms. The zero-order valence-corrected chi connectivity index (χ0v) is 9.45. The van der Waals surface area contributed by atoms with Crippen molar-refractivity contribution in [3.05, 3.63) is 35.9 Å². The summed E-state index contributed by atoms with van der Waals surface area (Å²) in [6.45, 7) is 0. The van der Waals surface area contributed by atoms with Gasteiger partial charge in [0.2, 0.25) is 0 Å². The molecule has 2 aromatic heterocycles. The molecule has 0 aliphatic rings. The number of alkyl halides is 3. The fourth-order valence-electron chi connectivity index (χ4n) is 1.86. The Morgan fingerprint density at radius 2 is 1.95 bits per heavy atom. The summed E-state index contributed by atoms with van der Waals surface area (Å²) in [4.78, 5) is 2.95. The lowest BCUT2D eigenvalue weighted by Gasteiger charge is -2.05. The van der Waals surface area contributed by atoms with Gasteiger partial charge >= 0.3 is 6.18 Å². The minimum absolute atomic E-state index is 0.213. The van der Waals surface area contributed by atoms with Crippen LogP contribution in [0.15, 0.2) is 34.9 Å². The number of aromatic amines is 1. The monoisotopic (exact) mass is 267 g/mol. The van der Waals surface area contributed by atoms with Gasteiger partial charge in [-0.3, -0.25) is 0 Å². The molecule has 0 unspecified atom stereocenters. The second-order valence-corrected chi connectivity index (χ2v) is 4.10. The van der Waals surface area contributed by atoms with Gasteiger partial charge in [-0.25, -0.2) is 0 Å². The van der Waals surface area contributed by atoms with Crippen molar-refractivity contribution < 1.29 is 17.7 Å². The first-order valence-electron chi connectivity index (χ1n) is 5.36. The standard InChI is InChI=1S/C12H8F3N3O/c13-12(14,15)7-1-2-8-6(3-7)4-9(17-8)10-5-11(16)18-19-10/h1-5,17H,(H2,16,18). The Bertz CT molecular complexity index is 742. The third-order valence-corrected chi connectivity index (χ3v) is 2.74. The Balaban J connectivity index is 2.11. The van der Waals surface area contributed by atoms with Gasteiger partial charge in [0, 0.05) is 17.0 Å². The first-order valence-corrected chi connectivity index (χ1v) is 5.36. The summed E-state index contributed by atoms with van der Waals surface area (Å²) < 4.78 is 42.7. The molecule has 3 aromatic rings. The van der Waals surface area contributed by atoms with Crippen molar-refractivity contribution in [2.75, 3.05) is 5.73 Å². The van der Waals surface area contributed by atoms with Crippen LogP contribution in [0, 0.1) is 0 Å². The van der Waals surface area contributed by atoms with Crippen LogP contribution in [0.2, 0.25) is 0 Å². The van der Waals surface area contributed by atoms with Gasteiger partial charge in [0.15, 0.2) is 11.6 Å². The number of anilines is 1. The highest BCUT2D eigenvalue weighted by Crippen LogP contribution is 2.33. The maximum atomic E-state index is 12.6. The van der Waals surface area contributed by atoms with E-state index in [9.17, 15) is 13.2 Å². The van der Waals surface area contributed by atoms with Gasteiger partial charge in [0.05, 0.1) is 11.3 Å². The summed E-state index contributed by atoms with van der Waals surface area (Å²) in [6, 6.07) is 6.54. The highest BCUT2D eigenvalue weighted by atomic mass is 19.4. The van der Waals surface area contributed by atoms with Gasteiger partial charge in [-0.15, -0.1) is 0 Å². The average molecular weight is 267 g/mol. The molecule has 0 aliphatic heterocycles. The van der Waals surface area contributed by atoms with Gasteiger partial charge < -0.3 is 15.2 Å². The predicted octanol–water partition coefficient (Wildman–Crippen LogP) is 3.42. The van der Waals surface area contributed by atoms with Crippen LogP contribution in [0.4, 0.5) is 19.0 Å². The van der Waals surface area contributed by atoms with Crippen molar-refractivity contribution in [2.24, 2.45) is 0 Å². The molecule has 1 aromatic carbocycles. The summed E-state index contributed by atoms with van der Waals surface area (Å²) in [7, 11) is 0. The maximum Gasteiger partial charge on any atom is 0.416 e. The number of nitrogens with one attached hydrogen (secondary N) is 1. The minimum Gasteiger partial charge on any atom is -0.381 e. The van der Waals surface area contributed by atoms with Gasteiger partial charge in [0.25, 0.3) is 0 Å². The van der Waals surface area contributed by atoms with Crippen molar-refractivity contribution in [1.82, 2.24) is 10.1 Å². The third kappa shape index (κ3) is 2.03. The predicted molar refractivity (Wildman–Crippen MR) is 63.2 cm³/mol. The minimum atomic E-state index is -4.36. The quantitative estimate of drug-likeness (QED) is 0.709. The van der Waals surface area contributed by atoms with Crippen LogP contribution in [0.3, 0.4) is 0 Å². The third-order valence-electron chi connectivity index (χ3n) is 2.74. The molecule has 7 heteroatoms. The number of benzene rings is 1. The van der Waals surface area contributed by atoms with Crippen LogP contribution < -0.4 is 5.73 Å². The molecule has 0 saturated heterocycles. The molecule has 98 valence electrons. The van der Waals surface area contributed by atoms with Crippen LogP contribution in [-0.4, -0.2) is 10.1 Å². The van der Waals surface area contributed by atoms with Gasteiger partial charge in [-0.05, 0) is 24.3 Å². The molecular weight excluding hydrogens is 259 g/mol. The SMILES string of the molecule is Nc1cc(-c2cc3cc(C(F)(F)F)ccc3[nH]2)on1. The molecule has 0 saturated carbocycles. The van der Waals surface area contributed by atoms with Crippen LogP contribution in [-0.2, 0) is 6.18 Å². The number of aromatic nitrogens is 2. The Kier molecular flexibility index (Phi) is 2.31. The molecule has 19 heavy (non-hydrogen) atoms. The van der Waals surface area contributed by atoms with Crippen LogP contribution >= 0.6 is 0 Å². The molecule has 0 atom stereocenters. The lowest BCUT2D eigenvalue weighted by Crippen LogP contribution is -2.03. The zero-order valence-electron chi connectivity index (χ0n) is 9.45. The molecule has 3 N–H and O–H groups in total. The van der Waals surface area contributed by atoms with E-state index in [1.807, 2.05) is 0 Å². The van der Waals surface area contributed by atoms with Crippen molar-refractivity contribution in [2.45, 2.75) is 6.18 Å². The van der Waals surface area contributed by atoms with Crippen molar-refractivity contribution >= 4 is 16.7 Å². The molecule has 0 radical (unpaired) electrons. The Morgan fingerprint density at radius 3 is 2.58 bits per heavy atom. The number of hydrogen-bond acceptors (Lipinski definition) is 3. The number of hydrogen-bond donors (Lipinski definition) is 2. The second kappa shape index (κ2) is 3.78. The van der Waals surface area contributed by atoms with Gasteiger partial charge in [0.1, 0.15) is 0 Å². The number of nitrogen functional groups attached to an aromatic ring is 1. The number of nitrogens with zero attached hydrogens (tertiary/aromatic N) is 1. The fraction of sp³-hybridized carbons (Fsp3) is 0.0833. The van der Waals surface area contributed by atoms with E-state index in [1.165, 1.54) is 12.1 Å². The smallest absolute Gasteiger partial charge is 0.381 e. The molecule has 0 fully saturated rings. The summed E-state index contributed by atoms with van der Waals surface area (Å²) >= 11 is 0. The summed E-state index contributed by atoms with van der Waals surface area (Å²) in [5, 5.41) is 3.97. The Labute approximate surface area is 105 Å². The molecule has 0 spiro atoms. The summed E-state index contributed by atoms with van der Waals surface area (Å²) in [5.74, 6) is 0.590. The number of rotatable bonds is 1. The van der Waals surface area contributed by atoms with E-state index < -0.39 is 11.7 Å². The average Bonchev–Trinajstić information content (AvgIpc) is 2.92. The first kappa shape index (κ1) is 11.6. The van der Waals surface area contributed by atoms with E-state index in [-0.39, 0.29) is 5.82 Å². The van der Waals surface area contributed by atoms with E-state index in [2.05, 4.69) is 10.1 Å². The van der Waals surface area contributed by atoms with E-state index >= 15 is 0 Å². The lowest BCUT2D eigenvalue weighted by molar-refractivity contribution is -0.137. The van der Waals surface area contributed by atoms with E-state index in [1.54, 1.807) is 6.07 Å². The molecule has 3 rings (SSSR count). The number of fused-ring (bicyclic) bond motifs is 1. The number of H-pyrrole nitrogens is 1. The van der Waals surface area contributed by atoms with Crippen molar-refractivity contribution in [1.29, 1.82) is 0 Å². The second-order valence-electron chi connectivity index (χ2n) is 4.10. The van der Waals surface area contributed by atoms with E-state index in [0.717, 1.165) is 12.1 Å². The number of nitrogens with two attached hydrogens (primary N) is 1. The van der Waals surface area contributed by atoms with Gasteiger partial charge in [-0.1, -0.05) is 5.16 Å². The van der Waals surface area contributed by atoms with Crippen LogP contribution in [0.25, 0.3) is 22.4 Å². The lowest BCUT2D eigenvalue weighted by atomic mass is 10.1. The van der Waals surface area contributed by atoms with Crippen molar-refractivity contribution in [3.8, 4) is 11.5 Å². The zero-order chi connectivity index (χ0) is 13.6. The van der Waals surface area contributed by atoms with Crippen molar-refractivity contribution in [3.63, 3.8) is 0 Å². The van der Waals surface area contributed by atoms with Crippen LogP contribution in [0.1, 0.15) is 5.56 Å². The molecule has 0 amide bonds.